The van der Waals surface area contributed by atoms with Crippen LogP contribution in [0.1, 0.15) is 35.6 Å². The second kappa shape index (κ2) is 10.0. The number of rotatable bonds is 7. The lowest BCUT2D eigenvalue weighted by Crippen LogP contribution is -2.32. The van der Waals surface area contributed by atoms with Crippen LogP contribution < -0.4 is 5.32 Å². The Balaban J connectivity index is 1.32. The third-order valence-electron chi connectivity index (χ3n) is 5.88. The number of carbonyl (C=O) groups excluding carboxylic acids is 1. The first-order chi connectivity index (χ1) is 16.3. The predicted octanol–water partition coefficient (Wildman–Crippen LogP) is 4.67. The molecule has 2 aromatic carbocycles. The smallest absolute Gasteiger partial charge is 0.230 e. The third kappa shape index (κ3) is 4.98. The number of nitrogens with zero attached hydrogens (tertiary/aromatic N) is 4. The van der Waals surface area contributed by atoms with Gasteiger partial charge in [0, 0.05) is 18.0 Å². The zero-order valence-corrected chi connectivity index (χ0v) is 19.0. The minimum atomic E-state index is 0.0152. The number of benzene rings is 2. The Kier molecular flexibility index (Phi) is 6.48. The van der Waals surface area contributed by atoms with Crippen molar-refractivity contribution < 1.29 is 4.79 Å². The highest BCUT2D eigenvalue weighted by Crippen LogP contribution is 2.30. The second-order valence-corrected chi connectivity index (χ2v) is 9.06. The van der Waals surface area contributed by atoms with Gasteiger partial charge >= 0.3 is 0 Å². The van der Waals surface area contributed by atoms with E-state index in [4.69, 9.17) is 0 Å². The van der Waals surface area contributed by atoms with Crippen LogP contribution in [0.15, 0.2) is 84.3 Å². The molecule has 2 aromatic heterocycles. The molecule has 1 aliphatic rings. The number of aromatic nitrogens is 4. The fourth-order valence-corrected chi connectivity index (χ4v) is 5.04. The van der Waals surface area contributed by atoms with Gasteiger partial charge in [0.2, 0.25) is 5.91 Å². The summed E-state index contributed by atoms with van der Waals surface area (Å²) in [5, 5.41) is 12.8. The molecule has 0 saturated heterocycles. The highest BCUT2D eigenvalue weighted by molar-refractivity contribution is 7.99. The Labute approximate surface area is 197 Å². The molecule has 166 valence electrons. The number of pyridine rings is 1. The number of amides is 1. The Morgan fingerprint density at radius 1 is 1.00 bits per heavy atom. The molecule has 0 spiro atoms. The molecule has 1 aliphatic carbocycles. The Hall–Kier alpha value is -3.45. The van der Waals surface area contributed by atoms with Crippen LogP contribution in [-0.4, -0.2) is 31.4 Å². The summed E-state index contributed by atoms with van der Waals surface area (Å²) in [5.41, 5.74) is 4.68. The number of hydrogen-bond acceptors (Lipinski definition) is 5. The van der Waals surface area contributed by atoms with E-state index in [1.807, 2.05) is 36.4 Å². The topological polar surface area (TPSA) is 72.7 Å². The first kappa shape index (κ1) is 21.4. The largest absolute Gasteiger partial charge is 0.349 e. The van der Waals surface area contributed by atoms with Crippen LogP contribution in [0.4, 0.5) is 0 Å². The van der Waals surface area contributed by atoms with Gasteiger partial charge in [0.1, 0.15) is 0 Å². The van der Waals surface area contributed by atoms with Gasteiger partial charge in [-0.2, -0.15) is 0 Å². The molecule has 5 rings (SSSR count). The SMILES string of the molecule is O=C(CSc1nnc(-c2ccncc2)n1Cc1ccccc1)N[C@H]1CCCc2ccccc21. The van der Waals surface area contributed by atoms with Crippen molar-refractivity contribution in [1.82, 2.24) is 25.1 Å². The molecule has 0 fully saturated rings. The normalized spacial score (nSPS) is 15.1. The van der Waals surface area contributed by atoms with Crippen LogP contribution in [0.2, 0.25) is 0 Å². The maximum atomic E-state index is 12.8. The van der Waals surface area contributed by atoms with Gasteiger partial charge in [-0.3, -0.25) is 14.3 Å². The van der Waals surface area contributed by atoms with Crippen LogP contribution in [0.25, 0.3) is 11.4 Å². The minimum absolute atomic E-state index is 0.0152. The first-order valence-electron chi connectivity index (χ1n) is 11.2. The summed E-state index contributed by atoms with van der Waals surface area (Å²) in [4.78, 5) is 16.9. The van der Waals surface area contributed by atoms with Crippen molar-refractivity contribution in [3.63, 3.8) is 0 Å². The predicted molar refractivity (Wildman–Crippen MR) is 130 cm³/mol. The van der Waals surface area contributed by atoms with E-state index in [2.05, 4.69) is 55.4 Å². The molecular weight excluding hydrogens is 430 g/mol. The molecule has 1 amide bonds. The zero-order valence-electron chi connectivity index (χ0n) is 18.2. The van der Waals surface area contributed by atoms with E-state index in [0.717, 1.165) is 41.4 Å². The van der Waals surface area contributed by atoms with Gasteiger partial charge in [-0.1, -0.05) is 66.4 Å². The van der Waals surface area contributed by atoms with Crippen molar-refractivity contribution in [2.24, 2.45) is 0 Å². The van der Waals surface area contributed by atoms with Gasteiger partial charge < -0.3 is 5.32 Å². The fraction of sp³-hybridized carbons (Fsp3) is 0.231. The van der Waals surface area contributed by atoms with E-state index in [-0.39, 0.29) is 11.9 Å². The molecule has 1 N–H and O–H groups in total. The van der Waals surface area contributed by atoms with E-state index in [1.165, 1.54) is 22.9 Å². The quantitative estimate of drug-likeness (QED) is 0.410. The molecule has 33 heavy (non-hydrogen) atoms. The third-order valence-corrected chi connectivity index (χ3v) is 6.84. The molecule has 0 saturated carbocycles. The molecule has 6 nitrogen and oxygen atoms in total. The highest BCUT2D eigenvalue weighted by Gasteiger charge is 2.22. The van der Waals surface area contributed by atoms with Gasteiger partial charge in [-0.15, -0.1) is 10.2 Å². The summed E-state index contributed by atoms with van der Waals surface area (Å²) < 4.78 is 2.07. The number of nitrogens with one attached hydrogen (secondary N) is 1. The average Bonchev–Trinajstić information content (AvgIpc) is 3.26. The lowest BCUT2D eigenvalue weighted by atomic mass is 9.88. The van der Waals surface area contributed by atoms with Crippen molar-refractivity contribution in [2.45, 2.75) is 37.0 Å². The highest BCUT2D eigenvalue weighted by atomic mass is 32.2. The lowest BCUT2D eigenvalue weighted by Gasteiger charge is -2.26. The molecule has 7 heteroatoms. The summed E-state index contributed by atoms with van der Waals surface area (Å²) in [5.74, 6) is 1.08. The number of aryl methyl sites for hydroxylation is 1. The number of thioether (sulfide) groups is 1. The number of carbonyl (C=O) groups is 1. The monoisotopic (exact) mass is 455 g/mol. The minimum Gasteiger partial charge on any atom is -0.349 e. The molecule has 2 heterocycles. The van der Waals surface area contributed by atoms with E-state index in [1.54, 1.807) is 12.4 Å². The second-order valence-electron chi connectivity index (χ2n) is 8.11. The molecule has 4 aromatic rings. The molecule has 0 radical (unpaired) electrons. The van der Waals surface area contributed by atoms with Crippen molar-refractivity contribution in [3.05, 3.63) is 95.8 Å². The number of hydrogen-bond donors (Lipinski definition) is 1. The summed E-state index contributed by atoms with van der Waals surface area (Å²) in [6, 6.07) is 22.5. The Morgan fingerprint density at radius 3 is 2.64 bits per heavy atom. The van der Waals surface area contributed by atoms with E-state index in [0.29, 0.717) is 12.3 Å². The van der Waals surface area contributed by atoms with Crippen molar-refractivity contribution >= 4 is 17.7 Å². The Bertz CT molecular complexity index is 1230. The van der Waals surface area contributed by atoms with Crippen LogP contribution >= 0.6 is 11.8 Å². The van der Waals surface area contributed by atoms with Crippen LogP contribution in [0, 0.1) is 0 Å². The zero-order chi connectivity index (χ0) is 22.5. The van der Waals surface area contributed by atoms with Crippen molar-refractivity contribution in [1.29, 1.82) is 0 Å². The molecule has 1 atom stereocenters. The van der Waals surface area contributed by atoms with Gasteiger partial charge in [0.05, 0.1) is 18.3 Å². The standard InChI is InChI=1S/C26H25N5OS/c32-24(28-23-12-6-10-20-9-4-5-11-22(20)23)18-33-26-30-29-25(21-13-15-27-16-14-21)31(26)17-19-7-2-1-3-8-19/h1-5,7-9,11,13-16,23H,6,10,12,17-18H2,(H,28,32)/t23-/m0/s1. The van der Waals surface area contributed by atoms with Crippen LogP contribution in [0.3, 0.4) is 0 Å². The average molecular weight is 456 g/mol. The van der Waals surface area contributed by atoms with Crippen molar-refractivity contribution in [3.8, 4) is 11.4 Å². The number of fused-ring (bicyclic) bond motifs is 1. The summed E-state index contributed by atoms with van der Waals surface area (Å²) in [6.07, 6.45) is 6.65. The van der Waals surface area contributed by atoms with E-state index < -0.39 is 0 Å². The van der Waals surface area contributed by atoms with Gasteiger partial charge in [-0.25, -0.2) is 0 Å². The van der Waals surface area contributed by atoms with Gasteiger partial charge in [0.25, 0.3) is 0 Å². The maximum absolute atomic E-state index is 12.8. The summed E-state index contributed by atoms with van der Waals surface area (Å²) >= 11 is 1.42. The van der Waals surface area contributed by atoms with Crippen molar-refractivity contribution in [2.75, 3.05) is 5.75 Å². The molecule has 0 unspecified atom stereocenters. The van der Waals surface area contributed by atoms with Crippen LogP contribution in [0.5, 0.6) is 0 Å². The van der Waals surface area contributed by atoms with Gasteiger partial charge in [0.15, 0.2) is 11.0 Å². The fourth-order valence-electron chi connectivity index (χ4n) is 4.29. The molecule has 0 aliphatic heterocycles. The molecular formula is C26H25N5OS. The summed E-state index contributed by atoms with van der Waals surface area (Å²) in [6.45, 7) is 0.630. The van der Waals surface area contributed by atoms with E-state index >= 15 is 0 Å². The summed E-state index contributed by atoms with van der Waals surface area (Å²) in [7, 11) is 0. The van der Waals surface area contributed by atoms with E-state index in [9.17, 15) is 4.79 Å². The van der Waals surface area contributed by atoms with Crippen LogP contribution in [-0.2, 0) is 17.8 Å². The molecule has 0 bridgehead atoms. The first-order valence-corrected chi connectivity index (χ1v) is 12.1. The maximum Gasteiger partial charge on any atom is 0.230 e. The lowest BCUT2D eigenvalue weighted by molar-refractivity contribution is -0.119. The van der Waals surface area contributed by atoms with Gasteiger partial charge in [-0.05, 0) is 48.1 Å². The Morgan fingerprint density at radius 2 is 1.79 bits per heavy atom.